The molecule has 0 saturated carbocycles. The number of hydrogen-bond acceptors (Lipinski definition) is 4. The normalized spacial score (nSPS) is 10.7. The van der Waals surface area contributed by atoms with E-state index in [1.54, 1.807) is 0 Å². The number of pyridine rings is 1. The van der Waals surface area contributed by atoms with Crippen molar-refractivity contribution in [2.75, 3.05) is 25.5 Å². The van der Waals surface area contributed by atoms with Crippen molar-refractivity contribution in [3.05, 3.63) is 23.0 Å². The number of aromatic nitrogens is 1. The van der Waals surface area contributed by atoms with Crippen LogP contribution in [0.4, 0.5) is 5.69 Å². The van der Waals surface area contributed by atoms with Crippen LogP contribution in [0.2, 0.25) is 5.15 Å². The van der Waals surface area contributed by atoms with Gasteiger partial charge in [-0.1, -0.05) is 25.4 Å². The molecule has 19 heavy (non-hydrogen) atoms. The number of nitrogens with zero attached hydrogens (tertiary/aromatic N) is 1. The Kier molecular flexibility index (Phi) is 6.59. The van der Waals surface area contributed by atoms with Crippen molar-refractivity contribution in [3.8, 4) is 0 Å². The Morgan fingerprint density at radius 3 is 2.95 bits per heavy atom. The molecule has 0 unspecified atom stereocenters. The SMILES string of the molecule is CC(C)CCOCCNC(=O)c1cc(N)cnc1Cl. The minimum Gasteiger partial charge on any atom is -0.397 e. The van der Waals surface area contributed by atoms with Crippen molar-refractivity contribution in [1.29, 1.82) is 0 Å². The van der Waals surface area contributed by atoms with E-state index in [4.69, 9.17) is 22.1 Å². The second-order valence-corrected chi connectivity index (χ2v) is 5.02. The van der Waals surface area contributed by atoms with E-state index in [0.717, 1.165) is 6.42 Å². The minimum atomic E-state index is -0.294. The van der Waals surface area contributed by atoms with Gasteiger partial charge in [0.05, 0.1) is 24.1 Å². The summed E-state index contributed by atoms with van der Waals surface area (Å²) < 4.78 is 5.40. The summed E-state index contributed by atoms with van der Waals surface area (Å²) in [4.78, 5) is 15.6. The standard InChI is InChI=1S/C13H20ClN3O2/c1-9(2)3-5-19-6-4-16-13(18)11-7-10(15)8-17-12(11)14/h7-9H,3-6,15H2,1-2H3,(H,16,18). The lowest BCUT2D eigenvalue weighted by Gasteiger charge is -2.08. The van der Waals surface area contributed by atoms with Gasteiger partial charge in [-0.3, -0.25) is 4.79 Å². The average Bonchev–Trinajstić information content (AvgIpc) is 2.36. The van der Waals surface area contributed by atoms with Gasteiger partial charge >= 0.3 is 0 Å². The number of nitrogens with one attached hydrogen (secondary N) is 1. The first kappa shape index (κ1) is 15.7. The largest absolute Gasteiger partial charge is 0.397 e. The van der Waals surface area contributed by atoms with Gasteiger partial charge in [0, 0.05) is 13.2 Å². The molecule has 106 valence electrons. The maximum Gasteiger partial charge on any atom is 0.254 e. The fourth-order valence-corrected chi connectivity index (χ4v) is 1.57. The molecule has 0 aliphatic carbocycles. The third-order valence-electron chi connectivity index (χ3n) is 2.48. The molecule has 0 atom stereocenters. The van der Waals surface area contributed by atoms with E-state index in [1.807, 2.05) is 0 Å². The van der Waals surface area contributed by atoms with Crippen LogP contribution in [0, 0.1) is 5.92 Å². The first-order chi connectivity index (χ1) is 9.00. The maximum absolute atomic E-state index is 11.8. The number of nitrogens with two attached hydrogens (primary N) is 1. The van der Waals surface area contributed by atoms with Crippen molar-refractivity contribution in [1.82, 2.24) is 10.3 Å². The third kappa shape index (κ3) is 5.89. The minimum absolute atomic E-state index is 0.146. The van der Waals surface area contributed by atoms with Gasteiger partial charge in [-0.15, -0.1) is 0 Å². The van der Waals surface area contributed by atoms with E-state index >= 15 is 0 Å². The molecule has 0 aliphatic heterocycles. The Hall–Kier alpha value is -1.33. The first-order valence-electron chi connectivity index (χ1n) is 6.27. The highest BCUT2D eigenvalue weighted by molar-refractivity contribution is 6.32. The van der Waals surface area contributed by atoms with Crippen LogP contribution in [0.3, 0.4) is 0 Å². The highest BCUT2D eigenvalue weighted by Gasteiger charge is 2.11. The summed E-state index contributed by atoms with van der Waals surface area (Å²) in [5.41, 5.74) is 6.25. The van der Waals surface area contributed by atoms with Gasteiger partial charge in [-0.05, 0) is 18.4 Å². The smallest absolute Gasteiger partial charge is 0.254 e. The number of halogens is 1. The Bertz CT molecular complexity index is 424. The highest BCUT2D eigenvalue weighted by atomic mass is 35.5. The van der Waals surface area contributed by atoms with Crippen molar-refractivity contribution in [2.24, 2.45) is 5.92 Å². The zero-order chi connectivity index (χ0) is 14.3. The molecule has 0 fully saturated rings. The lowest BCUT2D eigenvalue weighted by Crippen LogP contribution is -2.28. The van der Waals surface area contributed by atoms with Gasteiger partial charge in [0.25, 0.3) is 5.91 Å². The molecule has 0 radical (unpaired) electrons. The third-order valence-corrected chi connectivity index (χ3v) is 2.78. The number of amides is 1. The average molecular weight is 286 g/mol. The molecule has 3 N–H and O–H groups in total. The van der Waals surface area contributed by atoms with E-state index in [9.17, 15) is 4.79 Å². The summed E-state index contributed by atoms with van der Waals surface area (Å²) in [5, 5.41) is 2.86. The molecule has 0 saturated heterocycles. The predicted molar refractivity (Wildman–Crippen MR) is 76.3 cm³/mol. The lowest BCUT2D eigenvalue weighted by molar-refractivity contribution is 0.0905. The Balaban J connectivity index is 2.29. The van der Waals surface area contributed by atoms with Gasteiger partial charge < -0.3 is 15.8 Å². The van der Waals surface area contributed by atoms with Crippen LogP contribution in [0.1, 0.15) is 30.6 Å². The molecule has 0 aromatic carbocycles. The zero-order valence-electron chi connectivity index (χ0n) is 11.3. The van der Waals surface area contributed by atoms with E-state index in [2.05, 4.69) is 24.1 Å². The summed E-state index contributed by atoms with van der Waals surface area (Å²) >= 11 is 5.83. The molecule has 1 aromatic heterocycles. The molecule has 0 aliphatic rings. The van der Waals surface area contributed by atoms with Crippen molar-refractivity contribution < 1.29 is 9.53 Å². The van der Waals surface area contributed by atoms with Crippen molar-refractivity contribution >= 4 is 23.2 Å². The van der Waals surface area contributed by atoms with E-state index < -0.39 is 0 Å². The fraction of sp³-hybridized carbons (Fsp3) is 0.538. The number of hydrogen-bond donors (Lipinski definition) is 2. The Labute approximate surface area is 118 Å². The van der Waals surface area contributed by atoms with Gasteiger partial charge in [-0.2, -0.15) is 0 Å². The molecule has 0 spiro atoms. The number of carbonyl (C=O) groups is 1. The van der Waals surface area contributed by atoms with Crippen LogP contribution in [-0.4, -0.2) is 30.6 Å². The monoisotopic (exact) mass is 285 g/mol. The van der Waals surface area contributed by atoms with E-state index in [1.165, 1.54) is 12.3 Å². The summed E-state index contributed by atoms with van der Waals surface area (Å²) in [6.07, 6.45) is 2.42. The summed E-state index contributed by atoms with van der Waals surface area (Å²) in [6, 6.07) is 1.50. The number of ether oxygens (including phenoxy) is 1. The number of nitrogen functional groups attached to an aromatic ring is 1. The van der Waals surface area contributed by atoms with Crippen LogP contribution in [0.25, 0.3) is 0 Å². The van der Waals surface area contributed by atoms with Crippen LogP contribution >= 0.6 is 11.6 Å². The maximum atomic E-state index is 11.8. The van der Waals surface area contributed by atoms with Gasteiger partial charge in [0.1, 0.15) is 5.15 Å². The number of anilines is 1. The molecule has 1 heterocycles. The van der Waals surface area contributed by atoms with E-state index in [0.29, 0.717) is 31.4 Å². The molecule has 0 bridgehead atoms. The van der Waals surface area contributed by atoms with Crippen molar-refractivity contribution in [2.45, 2.75) is 20.3 Å². The molecular weight excluding hydrogens is 266 g/mol. The van der Waals surface area contributed by atoms with Crippen LogP contribution < -0.4 is 11.1 Å². The highest BCUT2D eigenvalue weighted by Crippen LogP contribution is 2.15. The number of carbonyl (C=O) groups excluding carboxylic acids is 1. The van der Waals surface area contributed by atoms with Gasteiger partial charge in [-0.25, -0.2) is 4.98 Å². The lowest BCUT2D eigenvalue weighted by atomic mass is 10.1. The quantitative estimate of drug-likeness (QED) is 0.594. The molecule has 1 rings (SSSR count). The van der Waals surface area contributed by atoms with Crippen LogP contribution in [-0.2, 0) is 4.74 Å². The molecular formula is C13H20ClN3O2. The van der Waals surface area contributed by atoms with Gasteiger partial charge in [0.2, 0.25) is 0 Å². The topological polar surface area (TPSA) is 77.2 Å². The molecule has 1 aromatic rings. The molecule has 6 heteroatoms. The van der Waals surface area contributed by atoms with Crippen LogP contribution in [0.15, 0.2) is 12.3 Å². The summed E-state index contributed by atoms with van der Waals surface area (Å²) in [7, 11) is 0. The molecule has 1 amide bonds. The summed E-state index contributed by atoms with van der Waals surface area (Å²) in [5.74, 6) is 0.323. The second-order valence-electron chi connectivity index (χ2n) is 4.66. The van der Waals surface area contributed by atoms with Crippen molar-refractivity contribution in [3.63, 3.8) is 0 Å². The van der Waals surface area contributed by atoms with E-state index in [-0.39, 0.29) is 16.6 Å². The first-order valence-corrected chi connectivity index (χ1v) is 6.65. The number of rotatable bonds is 7. The van der Waals surface area contributed by atoms with Crippen LogP contribution in [0.5, 0.6) is 0 Å². The summed E-state index contributed by atoms with van der Waals surface area (Å²) in [6.45, 7) is 5.89. The second kappa shape index (κ2) is 7.96. The Morgan fingerprint density at radius 2 is 2.26 bits per heavy atom. The Morgan fingerprint density at radius 1 is 1.53 bits per heavy atom. The van der Waals surface area contributed by atoms with Gasteiger partial charge in [0.15, 0.2) is 0 Å². The fourth-order valence-electron chi connectivity index (χ4n) is 1.38. The molecule has 5 nitrogen and oxygen atoms in total. The predicted octanol–water partition coefficient (Wildman–Crippen LogP) is 2.11. The zero-order valence-corrected chi connectivity index (χ0v) is 12.0.